The quantitative estimate of drug-likeness (QED) is 0.245. The molecule has 0 saturated heterocycles. The summed E-state index contributed by atoms with van der Waals surface area (Å²) in [5, 5.41) is 7.64. The number of hydrogen-bond donors (Lipinski definition) is 1. The van der Waals surface area contributed by atoms with Gasteiger partial charge in [0.25, 0.3) is 11.5 Å². The maximum Gasteiger partial charge on any atom is 0.274 e. The van der Waals surface area contributed by atoms with E-state index in [9.17, 15) is 9.59 Å². The van der Waals surface area contributed by atoms with Gasteiger partial charge in [0.15, 0.2) is 0 Å². The number of fused-ring (bicyclic) bond motifs is 1. The van der Waals surface area contributed by atoms with E-state index in [0.29, 0.717) is 45.3 Å². The fourth-order valence-electron chi connectivity index (χ4n) is 5.29. The second-order valence-electron chi connectivity index (χ2n) is 9.69. The lowest BCUT2D eigenvalue weighted by atomic mass is 9.91. The fraction of sp³-hybridized carbons (Fsp3) is 0.121. The van der Waals surface area contributed by atoms with Gasteiger partial charge in [0, 0.05) is 39.5 Å². The first-order valence-corrected chi connectivity index (χ1v) is 13.4. The molecule has 1 atom stereocenters. The van der Waals surface area contributed by atoms with Crippen LogP contribution < -0.4 is 15.0 Å². The van der Waals surface area contributed by atoms with Gasteiger partial charge in [0.1, 0.15) is 11.5 Å². The normalized spacial score (nSPS) is 14.7. The number of nitrogens with one attached hydrogen (secondary N) is 1. The highest BCUT2D eigenvalue weighted by molar-refractivity contribution is 6.31. The van der Waals surface area contributed by atoms with E-state index >= 15 is 0 Å². The van der Waals surface area contributed by atoms with E-state index < -0.39 is 6.04 Å². The van der Waals surface area contributed by atoms with Crippen molar-refractivity contribution in [2.75, 3.05) is 14.2 Å². The summed E-state index contributed by atoms with van der Waals surface area (Å²) in [6.07, 6.45) is 0.339. The van der Waals surface area contributed by atoms with Crippen LogP contribution in [0.25, 0.3) is 22.0 Å². The number of methoxy groups -OCH3 is 2. The van der Waals surface area contributed by atoms with E-state index in [0.717, 1.165) is 22.1 Å². The minimum absolute atomic E-state index is 0.290. The molecule has 41 heavy (non-hydrogen) atoms. The average Bonchev–Trinajstić information content (AvgIpc) is 3.45. The van der Waals surface area contributed by atoms with Gasteiger partial charge in [0.05, 0.1) is 31.5 Å². The number of carbonyl (C=O) groups excluding carboxylic acids is 1. The van der Waals surface area contributed by atoms with Crippen molar-refractivity contribution in [1.29, 1.82) is 0 Å². The van der Waals surface area contributed by atoms with Crippen molar-refractivity contribution < 1.29 is 14.3 Å². The molecule has 0 saturated carbocycles. The number of rotatable bonds is 6. The van der Waals surface area contributed by atoms with Crippen molar-refractivity contribution in [3.63, 3.8) is 0 Å². The Labute approximate surface area is 241 Å². The van der Waals surface area contributed by atoms with Gasteiger partial charge >= 0.3 is 0 Å². The molecular weight excluding hydrogens is 538 g/mol. The minimum atomic E-state index is -0.436. The summed E-state index contributed by atoms with van der Waals surface area (Å²) in [7, 11) is 3.07. The van der Waals surface area contributed by atoms with Gasteiger partial charge in [-0.15, -0.1) is 0 Å². The number of pyridine rings is 1. The van der Waals surface area contributed by atoms with E-state index in [-0.39, 0.29) is 11.5 Å². The first-order chi connectivity index (χ1) is 20.0. The SMILES string of the molecule is COc1cc(OC)cc(C(=O)N2N=C(c3c(-c4ccccc4)c4cc(Cl)ccc4[nH]c3=O)CC2c2ccccc2)c1. The first-order valence-electron chi connectivity index (χ1n) is 13.1. The highest BCUT2D eigenvalue weighted by Gasteiger charge is 2.36. The van der Waals surface area contributed by atoms with Crippen LogP contribution in [-0.2, 0) is 0 Å². The van der Waals surface area contributed by atoms with Crippen LogP contribution in [0.4, 0.5) is 0 Å². The zero-order valence-electron chi connectivity index (χ0n) is 22.4. The second-order valence-corrected chi connectivity index (χ2v) is 10.1. The molecule has 5 aromatic rings. The van der Waals surface area contributed by atoms with Crippen LogP contribution in [0.3, 0.4) is 0 Å². The number of benzene rings is 4. The van der Waals surface area contributed by atoms with Gasteiger partial charge in [0.2, 0.25) is 0 Å². The van der Waals surface area contributed by atoms with Gasteiger partial charge in [-0.2, -0.15) is 5.10 Å². The summed E-state index contributed by atoms with van der Waals surface area (Å²) in [5.41, 5.74) is 4.11. The molecule has 1 unspecified atom stereocenters. The topological polar surface area (TPSA) is 84.0 Å². The van der Waals surface area contributed by atoms with E-state index in [1.165, 1.54) is 19.2 Å². The number of hydrogen-bond acceptors (Lipinski definition) is 5. The van der Waals surface area contributed by atoms with Crippen molar-refractivity contribution in [2.24, 2.45) is 5.10 Å². The molecule has 4 aromatic carbocycles. The Kier molecular flexibility index (Phi) is 7.03. The number of amides is 1. The lowest BCUT2D eigenvalue weighted by Crippen LogP contribution is -2.27. The molecule has 0 fully saturated rings. The summed E-state index contributed by atoms with van der Waals surface area (Å²) in [6.45, 7) is 0. The lowest BCUT2D eigenvalue weighted by Gasteiger charge is -2.22. The van der Waals surface area contributed by atoms with E-state index in [4.69, 9.17) is 26.2 Å². The number of nitrogens with zero attached hydrogens (tertiary/aromatic N) is 2. The smallest absolute Gasteiger partial charge is 0.274 e. The summed E-state index contributed by atoms with van der Waals surface area (Å²) in [6, 6.07) is 29.3. The molecule has 1 aliphatic rings. The summed E-state index contributed by atoms with van der Waals surface area (Å²) < 4.78 is 10.8. The van der Waals surface area contributed by atoms with Crippen LogP contribution >= 0.6 is 11.6 Å². The summed E-state index contributed by atoms with van der Waals surface area (Å²) >= 11 is 6.42. The van der Waals surface area contributed by atoms with Crippen molar-refractivity contribution in [2.45, 2.75) is 12.5 Å². The van der Waals surface area contributed by atoms with Crippen molar-refractivity contribution in [3.05, 3.63) is 129 Å². The Bertz CT molecular complexity index is 1830. The van der Waals surface area contributed by atoms with Crippen molar-refractivity contribution in [1.82, 2.24) is 9.99 Å². The zero-order chi connectivity index (χ0) is 28.5. The number of halogens is 1. The molecule has 0 spiro atoms. The largest absolute Gasteiger partial charge is 0.497 e. The molecule has 204 valence electrons. The number of aromatic nitrogens is 1. The molecule has 0 aliphatic carbocycles. The van der Waals surface area contributed by atoms with Gasteiger partial charge < -0.3 is 14.5 Å². The number of ether oxygens (including phenoxy) is 2. The Morgan fingerprint density at radius 1 is 0.878 bits per heavy atom. The third-order valence-corrected chi connectivity index (χ3v) is 7.46. The predicted octanol–water partition coefficient (Wildman–Crippen LogP) is 6.86. The molecule has 0 radical (unpaired) electrons. The molecule has 1 aromatic heterocycles. The number of carbonyl (C=O) groups is 1. The standard InChI is InChI=1S/C33H26ClN3O4/c1-40-24-15-22(16-25(18-24)41-2)33(39)37-29(20-9-5-3-6-10-20)19-28(36-37)31-30(21-11-7-4-8-12-21)26-17-23(34)13-14-27(26)35-32(31)38/h3-18,29H,19H2,1-2H3,(H,35,38). The van der Waals surface area contributed by atoms with Crippen LogP contribution in [0.15, 0.2) is 107 Å². The Balaban J connectivity index is 1.56. The molecule has 7 nitrogen and oxygen atoms in total. The van der Waals surface area contributed by atoms with Gasteiger partial charge in [-0.3, -0.25) is 9.59 Å². The second kappa shape index (κ2) is 10.9. The van der Waals surface area contributed by atoms with E-state index in [2.05, 4.69) is 4.98 Å². The van der Waals surface area contributed by atoms with Gasteiger partial charge in [-0.25, -0.2) is 5.01 Å². The minimum Gasteiger partial charge on any atom is -0.497 e. The molecule has 6 rings (SSSR count). The van der Waals surface area contributed by atoms with Crippen LogP contribution in [-0.4, -0.2) is 35.8 Å². The molecule has 0 bridgehead atoms. The Hall–Kier alpha value is -4.88. The first kappa shape index (κ1) is 26.3. The van der Waals surface area contributed by atoms with E-state index in [1.807, 2.05) is 66.7 Å². The van der Waals surface area contributed by atoms with Crippen LogP contribution in [0, 0.1) is 0 Å². The summed E-state index contributed by atoms with van der Waals surface area (Å²) in [5.74, 6) is 0.635. The zero-order valence-corrected chi connectivity index (χ0v) is 23.2. The van der Waals surface area contributed by atoms with Gasteiger partial charge in [-0.05, 0) is 41.5 Å². The third kappa shape index (κ3) is 4.96. The molecule has 2 heterocycles. The Morgan fingerprint density at radius 2 is 1.54 bits per heavy atom. The number of aromatic amines is 1. The number of hydrazone groups is 1. The monoisotopic (exact) mass is 563 g/mol. The molecule has 1 amide bonds. The molecule has 1 N–H and O–H groups in total. The van der Waals surface area contributed by atoms with Crippen LogP contribution in [0.5, 0.6) is 11.5 Å². The average molecular weight is 564 g/mol. The fourth-order valence-corrected chi connectivity index (χ4v) is 5.46. The molecular formula is C33H26ClN3O4. The van der Waals surface area contributed by atoms with E-state index in [1.54, 1.807) is 30.3 Å². The third-order valence-electron chi connectivity index (χ3n) is 7.23. The van der Waals surface area contributed by atoms with Crippen LogP contribution in [0.1, 0.15) is 33.9 Å². The van der Waals surface area contributed by atoms with Crippen molar-refractivity contribution >= 4 is 34.1 Å². The highest BCUT2D eigenvalue weighted by atomic mass is 35.5. The Morgan fingerprint density at radius 3 is 2.20 bits per heavy atom. The van der Waals surface area contributed by atoms with Crippen LogP contribution in [0.2, 0.25) is 5.02 Å². The van der Waals surface area contributed by atoms with Crippen molar-refractivity contribution in [3.8, 4) is 22.6 Å². The maximum absolute atomic E-state index is 14.0. The highest BCUT2D eigenvalue weighted by Crippen LogP contribution is 2.38. The predicted molar refractivity (Wildman–Crippen MR) is 161 cm³/mol. The molecule has 1 aliphatic heterocycles. The lowest BCUT2D eigenvalue weighted by molar-refractivity contribution is 0.0710. The molecule has 8 heteroatoms. The maximum atomic E-state index is 14.0. The summed E-state index contributed by atoms with van der Waals surface area (Å²) in [4.78, 5) is 30.8. The number of H-pyrrole nitrogens is 1. The van der Waals surface area contributed by atoms with Gasteiger partial charge in [-0.1, -0.05) is 72.3 Å².